The molecule has 1 amide bonds. The van der Waals surface area contributed by atoms with Crippen molar-refractivity contribution in [2.24, 2.45) is 5.41 Å². The van der Waals surface area contributed by atoms with Crippen LogP contribution in [0.25, 0.3) is 11.6 Å². The molecule has 2 aromatic rings. The highest BCUT2D eigenvalue weighted by Gasteiger charge is 2.43. The molecule has 0 saturated carbocycles. The molecule has 0 heterocycles. The minimum atomic E-state index is -0.591. The van der Waals surface area contributed by atoms with Gasteiger partial charge >= 0.3 is 5.97 Å². The Morgan fingerprint density at radius 2 is 1.74 bits per heavy atom. The zero-order valence-corrected chi connectivity index (χ0v) is 25.7. The fraction of sp³-hybridized carbons (Fsp3) is 0.333. The zero-order valence-electron chi connectivity index (χ0n) is 25.7. The smallest absolute Gasteiger partial charge is 0.335 e. The molecule has 0 radical (unpaired) electrons. The number of amides is 1. The molecule has 0 fully saturated rings. The van der Waals surface area contributed by atoms with Crippen LogP contribution < -0.4 is 19.5 Å². The van der Waals surface area contributed by atoms with E-state index in [0.717, 1.165) is 39.0 Å². The number of hydrogen-bond donors (Lipinski definition) is 1. The van der Waals surface area contributed by atoms with Gasteiger partial charge in [0.05, 0.1) is 39.6 Å². The molecule has 2 unspecified atom stereocenters. The lowest BCUT2D eigenvalue weighted by atomic mass is 9.81. The van der Waals surface area contributed by atoms with Gasteiger partial charge in [0.2, 0.25) is 11.7 Å². The predicted octanol–water partition coefficient (Wildman–Crippen LogP) is 6.40. The average molecular weight is 582 g/mol. The van der Waals surface area contributed by atoms with E-state index in [1.165, 1.54) is 6.92 Å². The second-order valence-electron chi connectivity index (χ2n) is 11.2. The summed E-state index contributed by atoms with van der Waals surface area (Å²) >= 11 is 0. The quantitative estimate of drug-likeness (QED) is 0.364. The third kappa shape index (κ3) is 5.64. The zero-order chi connectivity index (χ0) is 30.7. The standard InChI is InChI=1S/C36H39NO6/c1-7-43-35(39)32-26-14-15-27-28(19-25(26)21-36(32,3)18-17-23-11-9-8-10-12-23)29(37-22(2)38)16-13-24-20-30(40-4)33(41-5)34(42-6)31(24)27/h8-12,14-15,17-20,29H,7,13,16,21H2,1-6H3,(H,37,38)/b18-17+. The average Bonchev–Trinajstić information content (AvgIpc) is 3.07. The number of rotatable bonds is 8. The van der Waals surface area contributed by atoms with Crippen LogP contribution in [0.2, 0.25) is 0 Å². The van der Waals surface area contributed by atoms with Gasteiger partial charge in [0.25, 0.3) is 0 Å². The Morgan fingerprint density at radius 1 is 1.02 bits per heavy atom. The molecule has 43 heavy (non-hydrogen) atoms. The number of hydrogen-bond acceptors (Lipinski definition) is 6. The van der Waals surface area contributed by atoms with Crippen molar-refractivity contribution in [1.82, 2.24) is 5.32 Å². The van der Waals surface area contributed by atoms with Crippen molar-refractivity contribution in [2.45, 2.75) is 46.1 Å². The number of fused-ring (bicyclic) bond motifs is 3. The van der Waals surface area contributed by atoms with Gasteiger partial charge in [-0.05, 0) is 65.7 Å². The number of benzene rings is 2. The number of allylic oxidation sites excluding steroid dienone is 6. The molecule has 224 valence electrons. The molecule has 0 aliphatic heterocycles. The van der Waals surface area contributed by atoms with Crippen LogP contribution in [0.3, 0.4) is 0 Å². The van der Waals surface area contributed by atoms with Crippen LogP contribution in [-0.2, 0) is 20.7 Å². The maximum atomic E-state index is 13.6. The summed E-state index contributed by atoms with van der Waals surface area (Å²) in [6, 6.07) is 11.8. The molecule has 0 bridgehead atoms. The summed E-state index contributed by atoms with van der Waals surface area (Å²) < 4.78 is 23.0. The lowest BCUT2D eigenvalue weighted by Crippen LogP contribution is -2.34. The normalized spacial score (nSPS) is 20.9. The van der Waals surface area contributed by atoms with Crippen molar-refractivity contribution in [1.29, 1.82) is 0 Å². The van der Waals surface area contributed by atoms with Gasteiger partial charge in [-0.3, -0.25) is 4.79 Å². The SMILES string of the molecule is CCOC(=O)C1=C2C=CC3=C(C=C2CC1(C)/C=C/c1ccccc1)C(NC(C)=O)CCc1cc(OC)c(OC)c(OC)c13. The van der Waals surface area contributed by atoms with Gasteiger partial charge < -0.3 is 24.3 Å². The van der Waals surface area contributed by atoms with E-state index >= 15 is 0 Å². The van der Waals surface area contributed by atoms with Gasteiger partial charge in [-0.15, -0.1) is 0 Å². The van der Waals surface area contributed by atoms with Gasteiger partial charge in [0, 0.05) is 17.9 Å². The summed E-state index contributed by atoms with van der Waals surface area (Å²) in [5.41, 5.74) is 6.73. The van der Waals surface area contributed by atoms with Crippen molar-refractivity contribution in [3.8, 4) is 17.2 Å². The molecule has 0 aromatic heterocycles. The van der Waals surface area contributed by atoms with E-state index in [-0.39, 0.29) is 24.5 Å². The molecule has 7 nitrogen and oxygen atoms in total. The maximum Gasteiger partial charge on any atom is 0.335 e. The molecule has 1 N–H and O–H groups in total. The number of carbonyl (C=O) groups excluding carboxylic acids is 2. The highest BCUT2D eigenvalue weighted by atomic mass is 16.5. The number of esters is 1. The molecule has 3 aliphatic carbocycles. The van der Waals surface area contributed by atoms with E-state index < -0.39 is 5.41 Å². The Hall–Kier alpha value is -4.52. The summed E-state index contributed by atoms with van der Waals surface area (Å²) in [7, 11) is 4.82. The summed E-state index contributed by atoms with van der Waals surface area (Å²) in [5, 5.41) is 3.18. The fourth-order valence-corrected chi connectivity index (χ4v) is 6.49. The number of carbonyl (C=O) groups is 2. The molecule has 2 atom stereocenters. The van der Waals surface area contributed by atoms with Crippen molar-refractivity contribution in [3.63, 3.8) is 0 Å². The van der Waals surface area contributed by atoms with Crippen molar-refractivity contribution in [3.05, 3.63) is 99.7 Å². The van der Waals surface area contributed by atoms with Crippen molar-refractivity contribution >= 4 is 23.5 Å². The summed E-state index contributed by atoms with van der Waals surface area (Å²) in [6.07, 6.45) is 12.3. The first-order valence-corrected chi connectivity index (χ1v) is 14.6. The van der Waals surface area contributed by atoms with E-state index in [4.69, 9.17) is 18.9 Å². The van der Waals surface area contributed by atoms with Crippen molar-refractivity contribution < 1.29 is 28.5 Å². The lowest BCUT2D eigenvalue weighted by Gasteiger charge is -2.24. The minimum absolute atomic E-state index is 0.110. The molecule has 0 saturated heterocycles. The van der Waals surface area contributed by atoms with Crippen LogP contribution in [0.4, 0.5) is 0 Å². The second kappa shape index (κ2) is 12.4. The molecule has 2 aromatic carbocycles. The molecular weight excluding hydrogens is 542 g/mol. The van der Waals surface area contributed by atoms with Crippen molar-refractivity contribution in [2.75, 3.05) is 27.9 Å². The second-order valence-corrected chi connectivity index (χ2v) is 11.2. The Kier molecular flexibility index (Phi) is 8.62. The predicted molar refractivity (Wildman–Crippen MR) is 168 cm³/mol. The van der Waals surface area contributed by atoms with Crippen LogP contribution in [0, 0.1) is 5.41 Å². The molecule has 3 aliphatic rings. The Bertz CT molecular complexity index is 1590. The largest absolute Gasteiger partial charge is 0.493 e. The highest BCUT2D eigenvalue weighted by Crippen LogP contribution is 2.53. The van der Waals surface area contributed by atoms with E-state index in [1.807, 2.05) is 55.5 Å². The van der Waals surface area contributed by atoms with Crippen LogP contribution in [0.1, 0.15) is 50.3 Å². The monoisotopic (exact) mass is 581 g/mol. The number of ether oxygens (including phenoxy) is 4. The summed E-state index contributed by atoms with van der Waals surface area (Å²) in [5.74, 6) is 1.22. The van der Waals surface area contributed by atoms with Gasteiger partial charge in [-0.25, -0.2) is 4.79 Å². The molecule has 5 rings (SSSR count). The van der Waals surface area contributed by atoms with Crippen LogP contribution in [-0.4, -0.2) is 45.9 Å². The van der Waals surface area contributed by atoms with Crippen LogP contribution in [0.5, 0.6) is 17.2 Å². The summed E-state index contributed by atoms with van der Waals surface area (Å²) in [6.45, 7) is 5.72. The number of nitrogens with one attached hydrogen (secondary N) is 1. The fourth-order valence-electron chi connectivity index (χ4n) is 6.49. The van der Waals surface area contributed by atoms with Gasteiger partial charge in [-0.1, -0.05) is 67.6 Å². The van der Waals surface area contributed by atoms with Gasteiger partial charge in [0.15, 0.2) is 11.5 Å². The molecule has 7 heteroatoms. The first-order valence-electron chi connectivity index (χ1n) is 14.6. The highest BCUT2D eigenvalue weighted by molar-refractivity contribution is 5.97. The maximum absolute atomic E-state index is 13.6. The Morgan fingerprint density at radius 3 is 2.40 bits per heavy atom. The molecular formula is C36H39NO6. The minimum Gasteiger partial charge on any atom is -0.493 e. The summed E-state index contributed by atoms with van der Waals surface area (Å²) in [4.78, 5) is 26.0. The number of aryl methyl sites for hydroxylation is 1. The topological polar surface area (TPSA) is 83.1 Å². The van der Waals surface area contributed by atoms with E-state index in [1.54, 1.807) is 21.3 Å². The Balaban J connectivity index is 1.73. The third-order valence-corrected chi connectivity index (χ3v) is 8.36. The number of methoxy groups -OCH3 is 3. The molecule has 0 spiro atoms. The van der Waals surface area contributed by atoms with Crippen LogP contribution in [0.15, 0.2) is 83.0 Å². The van der Waals surface area contributed by atoms with Gasteiger partial charge in [0.1, 0.15) is 0 Å². The third-order valence-electron chi connectivity index (χ3n) is 8.36. The first-order chi connectivity index (χ1) is 20.7. The first kappa shape index (κ1) is 30.0. The lowest BCUT2D eigenvalue weighted by molar-refractivity contribution is -0.139. The van der Waals surface area contributed by atoms with E-state index in [9.17, 15) is 9.59 Å². The van der Waals surface area contributed by atoms with E-state index in [2.05, 4.69) is 30.5 Å². The van der Waals surface area contributed by atoms with Gasteiger partial charge in [-0.2, -0.15) is 0 Å². The van der Waals surface area contributed by atoms with E-state index in [0.29, 0.717) is 42.1 Å². The Labute approximate surface area is 253 Å². The van der Waals surface area contributed by atoms with Crippen LogP contribution >= 0.6 is 0 Å².